The summed E-state index contributed by atoms with van der Waals surface area (Å²) in [5.74, 6) is 0. The monoisotopic (exact) mass is 173 g/mol. The van der Waals surface area contributed by atoms with E-state index in [1.54, 1.807) is 0 Å². The molecular weight excluding hydrogens is 158 g/mol. The number of nitrogens with two attached hydrogens (primary N) is 1. The van der Waals surface area contributed by atoms with Crippen molar-refractivity contribution in [1.29, 1.82) is 0 Å². The predicted molar refractivity (Wildman–Crippen MR) is 56.4 cm³/mol. The van der Waals surface area contributed by atoms with E-state index in [2.05, 4.69) is 39.0 Å². The topological polar surface area (TPSA) is 26.0 Å². The highest BCUT2D eigenvalue weighted by atomic mass is 14.7. The van der Waals surface area contributed by atoms with E-state index >= 15 is 0 Å². The molecule has 0 aliphatic heterocycles. The van der Waals surface area contributed by atoms with Gasteiger partial charge in [-0.25, -0.2) is 0 Å². The first-order chi connectivity index (χ1) is 6.13. The van der Waals surface area contributed by atoms with E-state index in [1.165, 1.54) is 27.8 Å². The summed E-state index contributed by atoms with van der Waals surface area (Å²) in [6, 6.07) is 6.48. The highest BCUT2D eigenvalue weighted by Gasteiger charge is 2.23. The van der Waals surface area contributed by atoms with Crippen molar-refractivity contribution in [1.82, 2.24) is 0 Å². The molecule has 0 saturated heterocycles. The lowest BCUT2D eigenvalue weighted by Gasteiger charge is -2.08. The first kappa shape index (κ1) is 8.52. The zero-order valence-corrected chi connectivity index (χ0v) is 8.39. The summed E-state index contributed by atoms with van der Waals surface area (Å²) in [5.41, 5.74) is 12.8. The second kappa shape index (κ2) is 2.71. The lowest BCUT2D eigenvalue weighted by molar-refractivity contribution is 0.868. The lowest BCUT2D eigenvalue weighted by atomic mass is 10.00. The van der Waals surface area contributed by atoms with Crippen LogP contribution < -0.4 is 5.73 Å². The minimum absolute atomic E-state index is 0.120. The lowest BCUT2D eigenvalue weighted by Crippen LogP contribution is -2.08. The van der Waals surface area contributed by atoms with Gasteiger partial charge in [0.25, 0.3) is 0 Å². The zero-order chi connectivity index (χ0) is 9.59. The first-order valence-electron chi connectivity index (χ1n) is 4.65. The average Bonchev–Trinajstić information content (AvgIpc) is 2.33. The second-order valence-electron chi connectivity index (χ2n) is 3.82. The summed E-state index contributed by atoms with van der Waals surface area (Å²) in [6.45, 7) is 6.43. The molecule has 0 heterocycles. The van der Waals surface area contributed by atoms with E-state index in [0.717, 1.165) is 0 Å². The van der Waals surface area contributed by atoms with Crippen molar-refractivity contribution in [2.45, 2.75) is 26.8 Å². The Balaban J connectivity index is 2.72. The Morgan fingerprint density at radius 1 is 1.15 bits per heavy atom. The number of fused-ring (bicyclic) bond motifs is 1. The molecule has 0 bridgehead atoms. The van der Waals surface area contributed by atoms with Crippen LogP contribution in [0, 0.1) is 6.92 Å². The Labute approximate surface area is 79.3 Å². The molecule has 0 radical (unpaired) electrons. The van der Waals surface area contributed by atoms with Crippen molar-refractivity contribution >= 4 is 5.57 Å². The van der Waals surface area contributed by atoms with Gasteiger partial charge in [-0.05, 0) is 48.6 Å². The molecule has 0 aromatic heterocycles. The normalized spacial score (nSPS) is 20.8. The predicted octanol–water partition coefficient (Wildman–Crippen LogP) is 2.80. The number of benzene rings is 1. The fourth-order valence-electron chi connectivity index (χ4n) is 2.13. The van der Waals surface area contributed by atoms with Crippen LogP contribution in [-0.2, 0) is 0 Å². The Kier molecular flexibility index (Phi) is 1.77. The fourth-order valence-corrected chi connectivity index (χ4v) is 2.13. The molecule has 0 amide bonds. The highest BCUT2D eigenvalue weighted by Crippen LogP contribution is 2.39. The molecule has 1 aromatic rings. The van der Waals surface area contributed by atoms with E-state index < -0.39 is 0 Å². The Bertz CT molecular complexity index is 388. The number of hydrogen-bond acceptors (Lipinski definition) is 1. The summed E-state index contributed by atoms with van der Waals surface area (Å²) < 4.78 is 0. The zero-order valence-electron chi connectivity index (χ0n) is 8.39. The molecule has 1 nitrogen and oxygen atoms in total. The Hall–Kier alpha value is -1.08. The van der Waals surface area contributed by atoms with Gasteiger partial charge in [-0.15, -0.1) is 0 Å². The van der Waals surface area contributed by atoms with E-state index in [1.807, 2.05) is 0 Å². The molecule has 0 saturated carbocycles. The molecule has 1 aliphatic carbocycles. The van der Waals surface area contributed by atoms with Crippen molar-refractivity contribution in [3.8, 4) is 0 Å². The van der Waals surface area contributed by atoms with E-state index in [0.29, 0.717) is 0 Å². The van der Waals surface area contributed by atoms with Crippen molar-refractivity contribution in [3.05, 3.63) is 40.5 Å². The summed E-state index contributed by atoms with van der Waals surface area (Å²) in [5, 5.41) is 0. The first-order valence-corrected chi connectivity index (χ1v) is 4.65. The van der Waals surface area contributed by atoms with Gasteiger partial charge >= 0.3 is 0 Å². The van der Waals surface area contributed by atoms with Crippen LogP contribution in [0.25, 0.3) is 5.57 Å². The van der Waals surface area contributed by atoms with Crippen molar-refractivity contribution in [2.24, 2.45) is 5.73 Å². The summed E-state index contributed by atoms with van der Waals surface area (Å²) >= 11 is 0. The maximum Gasteiger partial charge on any atom is 0.0520 e. The molecule has 1 aliphatic rings. The number of rotatable bonds is 0. The van der Waals surface area contributed by atoms with Crippen LogP contribution in [0.3, 0.4) is 0 Å². The standard InChI is InChI=1S/C12H15N/c1-7-5-4-6-10-11(7)8(2)9(3)12(10)13/h4-6,12H,13H2,1-3H3. The highest BCUT2D eigenvalue weighted by molar-refractivity contribution is 5.78. The smallest absolute Gasteiger partial charge is 0.0520 e. The van der Waals surface area contributed by atoms with Crippen LogP contribution in [0.4, 0.5) is 0 Å². The molecule has 13 heavy (non-hydrogen) atoms. The average molecular weight is 173 g/mol. The van der Waals surface area contributed by atoms with Crippen LogP contribution >= 0.6 is 0 Å². The minimum atomic E-state index is 0.120. The van der Waals surface area contributed by atoms with Crippen molar-refractivity contribution in [2.75, 3.05) is 0 Å². The van der Waals surface area contributed by atoms with E-state index in [4.69, 9.17) is 5.73 Å². The Morgan fingerprint density at radius 2 is 1.85 bits per heavy atom. The molecule has 0 spiro atoms. The molecule has 1 aromatic carbocycles. The third-order valence-electron chi connectivity index (χ3n) is 3.07. The minimum Gasteiger partial charge on any atom is -0.321 e. The largest absolute Gasteiger partial charge is 0.321 e. The van der Waals surface area contributed by atoms with Gasteiger partial charge < -0.3 is 5.73 Å². The summed E-state index contributed by atoms with van der Waals surface area (Å²) in [4.78, 5) is 0. The maximum absolute atomic E-state index is 6.09. The third-order valence-corrected chi connectivity index (χ3v) is 3.07. The molecule has 1 unspecified atom stereocenters. The van der Waals surface area contributed by atoms with Crippen LogP contribution in [0.1, 0.15) is 36.6 Å². The van der Waals surface area contributed by atoms with Crippen LogP contribution in [0.5, 0.6) is 0 Å². The molecule has 2 rings (SSSR count). The van der Waals surface area contributed by atoms with Gasteiger partial charge in [-0.3, -0.25) is 0 Å². The second-order valence-corrected chi connectivity index (χ2v) is 3.82. The van der Waals surface area contributed by atoms with Crippen molar-refractivity contribution < 1.29 is 0 Å². The number of aryl methyl sites for hydroxylation is 1. The van der Waals surface area contributed by atoms with Gasteiger partial charge in [0.1, 0.15) is 0 Å². The summed E-state index contributed by atoms with van der Waals surface area (Å²) in [6.07, 6.45) is 0. The third kappa shape index (κ3) is 1.04. The van der Waals surface area contributed by atoms with Gasteiger partial charge in [0.15, 0.2) is 0 Å². The van der Waals surface area contributed by atoms with Crippen LogP contribution in [-0.4, -0.2) is 0 Å². The maximum atomic E-state index is 6.09. The fraction of sp³-hybridized carbons (Fsp3) is 0.333. The SMILES string of the molecule is CC1=C(C)C(N)c2cccc(C)c21. The molecular formula is C12H15N. The van der Waals surface area contributed by atoms with Crippen molar-refractivity contribution in [3.63, 3.8) is 0 Å². The molecule has 1 heteroatoms. The molecule has 1 atom stereocenters. The van der Waals surface area contributed by atoms with E-state index in [9.17, 15) is 0 Å². The molecule has 0 fully saturated rings. The quantitative estimate of drug-likeness (QED) is 0.641. The molecule has 68 valence electrons. The summed E-state index contributed by atoms with van der Waals surface area (Å²) in [7, 11) is 0. The van der Waals surface area contributed by atoms with Gasteiger partial charge in [0.2, 0.25) is 0 Å². The van der Waals surface area contributed by atoms with Crippen LogP contribution in [0.2, 0.25) is 0 Å². The van der Waals surface area contributed by atoms with Gasteiger partial charge in [0.05, 0.1) is 6.04 Å². The van der Waals surface area contributed by atoms with Gasteiger partial charge in [-0.1, -0.05) is 18.2 Å². The Morgan fingerprint density at radius 3 is 2.46 bits per heavy atom. The van der Waals surface area contributed by atoms with Gasteiger partial charge in [0, 0.05) is 0 Å². The van der Waals surface area contributed by atoms with Crippen LogP contribution in [0.15, 0.2) is 23.8 Å². The number of hydrogen-bond donors (Lipinski definition) is 1. The number of allylic oxidation sites excluding steroid dienone is 1. The molecule has 2 N–H and O–H groups in total. The van der Waals surface area contributed by atoms with E-state index in [-0.39, 0.29) is 6.04 Å². The van der Waals surface area contributed by atoms with Gasteiger partial charge in [-0.2, -0.15) is 0 Å².